The first-order valence-corrected chi connectivity index (χ1v) is 10.9. The van der Waals surface area contributed by atoms with Crippen LogP contribution in [0.3, 0.4) is 0 Å². The van der Waals surface area contributed by atoms with Crippen LogP contribution in [0.4, 0.5) is 5.69 Å². The van der Waals surface area contributed by atoms with Crippen LogP contribution >= 0.6 is 0 Å². The average Bonchev–Trinajstić information content (AvgIpc) is 2.86. The van der Waals surface area contributed by atoms with Crippen LogP contribution in [-0.4, -0.2) is 45.6 Å². The predicted molar refractivity (Wildman–Crippen MR) is 95.7 cm³/mol. The second-order valence-corrected chi connectivity index (χ2v) is 9.61. The third-order valence-electron chi connectivity index (χ3n) is 3.98. The molecular weight excluding hydrogens is 380 g/mol. The number of rotatable bonds is 5. The maximum atomic E-state index is 12.3. The molecule has 0 radical (unpaired) electrons. The zero-order valence-corrected chi connectivity index (χ0v) is 15.2. The Kier molecular flexibility index (Phi) is 4.93. The van der Waals surface area contributed by atoms with Gasteiger partial charge >= 0.3 is 10.2 Å². The van der Waals surface area contributed by atoms with Gasteiger partial charge in [-0.2, -0.15) is 13.1 Å². The minimum absolute atomic E-state index is 0.0173. The highest BCUT2D eigenvalue weighted by molar-refractivity contribution is 7.91. The number of aryl methyl sites for hydroxylation is 1. The SMILES string of the molecule is O=S(=O)(CCc1ccc(N2CC(O)NS2(=O)=O)c(O)c1)c1ccccc1. The van der Waals surface area contributed by atoms with Crippen LogP contribution in [0.15, 0.2) is 53.4 Å². The summed E-state index contributed by atoms with van der Waals surface area (Å²) in [5.41, 5.74) is 0.569. The Morgan fingerprint density at radius 3 is 2.42 bits per heavy atom. The first-order chi connectivity index (χ1) is 12.2. The molecule has 0 aliphatic carbocycles. The van der Waals surface area contributed by atoms with E-state index in [1.807, 2.05) is 4.72 Å². The molecule has 1 unspecified atom stereocenters. The molecule has 3 rings (SSSR count). The Labute approximate surface area is 151 Å². The van der Waals surface area contributed by atoms with E-state index in [0.717, 1.165) is 4.31 Å². The summed E-state index contributed by atoms with van der Waals surface area (Å²) >= 11 is 0. The van der Waals surface area contributed by atoms with Crippen molar-refractivity contribution in [2.75, 3.05) is 16.6 Å². The zero-order chi connectivity index (χ0) is 18.9. The molecule has 10 heteroatoms. The average molecular weight is 398 g/mol. The molecule has 1 atom stereocenters. The monoisotopic (exact) mass is 398 g/mol. The lowest BCUT2D eigenvalue weighted by atomic mass is 10.1. The molecule has 1 aliphatic heterocycles. The lowest BCUT2D eigenvalue weighted by molar-refractivity contribution is 0.183. The van der Waals surface area contributed by atoms with Gasteiger partial charge in [0.25, 0.3) is 0 Å². The molecule has 140 valence electrons. The van der Waals surface area contributed by atoms with E-state index in [-0.39, 0.29) is 35.1 Å². The van der Waals surface area contributed by atoms with Gasteiger partial charge < -0.3 is 10.2 Å². The van der Waals surface area contributed by atoms with Gasteiger partial charge in [-0.25, -0.2) is 12.7 Å². The maximum absolute atomic E-state index is 12.3. The van der Waals surface area contributed by atoms with Crippen LogP contribution in [0.25, 0.3) is 0 Å². The highest BCUT2D eigenvalue weighted by Gasteiger charge is 2.35. The Morgan fingerprint density at radius 1 is 1.15 bits per heavy atom. The molecule has 1 aliphatic rings. The molecule has 3 N–H and O–H groups in total. The number of nitrogens with zero attached hydrogens (tertiary/aromatic N) is 1. The number of β-amino-alcohol motifs (C(OH)–C–C–N with tert-alkyl or cyclic N) is 1. The number of phenols is 1. The number of hydrogen-bond acceptors (Lipinski definition) is 6. The van der Waals surface area contributed by atoms with Crippen LogP contribution in [0.2, 0.25) is 0 Å². The van der Waals surface area contributed by atoms with Crippen molar-refractivity contribution in [3.05, 3.63) is 54.1 Å². The van der Waals surface area contributed by atoms with Crippen molar-refractivity contribution in [1.82, 2.24) is 4.72 Å². The van der Waals surface area contributed by atoms with E-state index in [1.54, 1.807) is 24.3 Å². The summed E-state index contributed by atoms with van der Waals surface area (Å²) in [6.45, 7) is -0.225. The molecule has 0 amide bonds. The van der Waals surface area contributed by atoms with Gasteiger partial charge in [0.2, 0.25) is 0 Å². The number of sulfone groups is 1. The molecule has 2 aromatic carbocycles. The molecular formula is C16H18N2O6S2. The molecule has 1 heterocycles. The van der Waals surface area contributed by atoms with E-state index in [0.29, 0.717) is 5.56 Å². The van der Waals surface area contributed by atoms with Crippen molar-refractivity contribution < 1.29 is 27.0 Å². The van der Waals surface area contributed by atoms with Crippen molar-refractivity contribution in [2.45, 2.75) is 17.5 Å². The molecule has 8 nitrogen and oxygen atoms in total. The third-order valence-corrected chi connectivity index (χ3v) is 7.21. The summed E-state index contributed by atoms with van der Waals surface area (Å²) in [4.78, 5) is 0.226. The number of aromatic hydroxyl groups is 1. The van der Waals surface area contributed by atoms with E-state index < -0.39 is 26.3 Å². The number of benzene rings is 2. The van der Waals surface area contributed by atoms with Gasteiger partial charge in [-0.15, -0.1) is 0 Å². The minimum atomic E-state index is -3.92. The zero-order valence-electron chi connectivity index (χ0n) is 13.6. The first kappa shape index (κ1) is 18.6. The lowest BCUT2D eigenvalue weighted by Gasteiger charge is -2.17. The number of anilines is 1. The van der Waals surface area contributed by atoms with Crippen molar-refractivity contribution >= 4 is 25.7 Å². The van der Waals surface area contributed by atoms with Crippen LogP contribution in [0, 0.1) is 0 Å². The fourth-order valence-electron chi connectivity index (χ4n) is 2.69. The van der Waals surface area contributed by atoms with E-state index in [2.05, 4.69) is 0 Å². The summed E-state index contributed by atoms with van der Waals surface area (Å²) in [7, 11) is -7.37. The third kappa shape index (κ3) is 3.83. The topological polar surface area (TPSA) is 124 Å². The van der Waals surface area contributed by atoms with Crippen LogP contribution in [0.5, 0.6) is 5.75 Å². The van der Waals surface area contributed by atoms with Crippen LogP contribution in [-0.2, 0) is 26.5 Å². The van der Waals surface area contributed by atoms with Crippen molar-refractivity contribution in [3.8, 4) is 5.75 Å². The Hall–Kier alpha value is -2.14. The number of nitrogens with one attached hydrogen (secondary N) is 1. The van der Waals surface area contributed by atoms with E-state index >= 15 is 0 Å². The second kappa shape index (κ2) is 6.88. The summed E-state index contributed by atoms with van der Waals surface area (Å²) < 4.78 is 51.2. The summed E-state index contributed by atoms with van der Waals surface area (Å²) in [6.07, 6.45) is -1.09. The summed E-state index contributed by atoms with van der Waals surface area (Å²) in [5.74, 6) is -0.447. The van der Waals surface area contributed by atoms with Crippen LogP contribution in [0.1, 0.15) is 5.56 Å². The molecule has 0 spiro atoms. The largest absolute Gasteiger partial charge is 0.506 e. The standard InChI is InChI=1S/C16H18N2O6S2/c19-15-10-12(8-9-25(21,22)13-4-2-1-3-5-13)6-7-14(15)18-11-16(20)17-26(18,23)24/h1-7,10,16-17,19-20H,8-9,11H2. The normalized spacial score (nSPS) is 19.6. The first-order valence-electron chi connectivity index (χ1n) is 7.77. The fourth-order valence-corrected chi connectivity index (χ4v) is 5.30. The number of phenolic OH excluding ortho intramolecular Hbond substituents is 1. The molecule has 0 bridgehead atoms. The summed E-state index contributed by atoms with van der Waals surface area (Å²) in [6, 6.07) is 12.3. The molecule has 2 aromatic rings. The Morgan fingerprint density at radius 2 is 1.85 bits per heavy atom. The molecule has 1 saturated heterocycles. The highest BCUT2D eigenvalue weighted by Crippen LogP contribution is 2.32. The molecule has 0 saturated carbocycles. The van der Waals surface area contributed by atoms with Gasteiger partial charge in [-0.1, -0.05) is 24.3 Å². The lowest BCUT2D eigenvalue weighted by Crippen LogP contribution is -2.30. The fraction of sp³-hybridized carbons (Fsp3) is 0.250. The van der Waals surface area contributed by atoms with Crippen molar-refractivity contribution in [3.63, 3.8) is 0 Å². The molecule has 0 aromatic heterocycles. The quantitative estimate of drug-likeness (QED) is 0.669. The maximum Gasteiger partial charge on any atom is 0.304 e. The minimum Gasteiger partial charge on any atom is -0.506 e. The van der Waals surface area contributed by atoms with Crippen molar-refractivity contribution in [1.29, 1.82) is 0 Å². The molecule has 26 heavy (non-hydrogen) atoms. The predicted octanol–water partition coefficient (Wildman–Crippen LogP) is 0.381. The van der Waals surface area contributed by atoms with Gasteiger partial charge in [0.1, 0.15) is 12.0 Å². The van der Waals surface area contributed by atoms with E-state index in [1.165, 1.54) is 24.3 Å². The van der Waals surface area contributed by atoms with Gasteiger partial charge in [-0.05, 0) is 36.2 Å². The number of hydrogen-bond donors (Lipinski definition) is 3. The molecule has 1 fully saturated rings. The van der Waals surface area contributed by atoms with E-state index in [9.17, 15) is 27.0 Å². The number of aliphatic hydroxyl groups excluding tert-OH is 1. The second-order valence-electron chi connectivity index (χ2n) is 5.87. The smallest absolute Gasteiger partial charge is 0.304 e. The highest BCUT2D eigenvalue weighted by atomic mass is 32.2. The van der Waals surface area contributed by atoms with Crippen molar-refractivity contribution in [2.24, 2.45) is 0 Å². The van der Waals surface area contributed by atoms with Gasteiger partial charge in [-0.3, -0.25) is 0 Å². The number of aliphatic hydroxyl groups is 1. The van der Waals surface area contributed by atoms with Gasteiger partial charge in [0, 0.05) is 0 Å². The van der Waals surface area contributed by atoms with Gasteiger partial charge in [0.05, 0.1) is 22.9 Å². The Balaban J connectivity index is 1.77. The van der Waals surface area contributed by atoms with E-state index in [4.69, 9.17) is 0 Å². The van der Waals surface area contributed by atoms with Gasteiger partial charge in [0.15, 0.2) is 9.84 Å². The van der Waals surface area contributed by atoms with Crippen LogP contribution < -0.4 is 9.03 Å². The summed E-state index contributed by atoms with van der Waals surface area (Å²) in [5, 5.41) is 19.6. The Bertz CT molecular complexity index is 1010.